The Labute approximate surface area is 184 Å². The largest absolute Gasteiger partial charge is 0.507 e. The molecule has 3 aromatic rings. The summed E-state index contributed by atoms with van der Waals surface area (Å²) in [4.78, 5) is 9.03. The molecule has 2 aliphatic heterocycles. The summed E-state index contributed by atoms with van der Waals surface area (Å²) in [5, 5.41) is 20.6. The number of ether oxygens (including phenoxy) is 4. The van der Waals surface area contributed by atoms with Gasteiger partial charge in [0.15, 0.2) is 23.0 Å². The van der Waals surface area contributed by atoms with E-state index < -0.39 is 0 Å². The number of hydrogen-bond donors (Lipinski definition) is 2. The predicted molar refractivity (Wildman–Crippen MR) is 119 cm³/mol. The lowest BCUT2D eigenvalue weighted by molar-refractivity contribution is 0.170. The van der Waals surface area contributed by atoms with Gasteiger partial charge >= 0.3 is 0 Å². The van der Waals surface area contributed by atoms with Crippen molar-refractivity contribution in [2.24, 2.45) is 9.98 Å². The van der Waals surface area contributed by atoms with Crippen molar-refractivity contribution >= 4 is 23.8 Å². The van der Waals surface area contributed by atoms with Gasteiger partial charge in [0.05, 0.1) is 22.5 Å². The molecule has 2 N–H and O–H groups in total. The van der Waals surface area contributed by atoms with Crippen LogP contribution in [0.25, 0.3) is 0 Å². The Bertz CT molecular complexity index is 1130. The smallest absolute Gasteiger partial charge is 0.173 e. The van der Waals surface area contributed by atoms with E-state index in [9.17, 15) is 10.2 Å². The number of nitrogens with zero attached hydrogens (tertiary/aromatic N) is 2. The summed E-state index contributed by atoms with van der Waals surface area (Å²) in [7, 11) is 0. The second-order valence-corrected chi connectivity index (χ2v) is 7.05. The first-order valence-corrected chi connectivity index (χ1v) is 10.1. The van der Waals surface area contributed by atoms with E-state index in [2.05, 4.69) is 9.98 Å². The third-order valence-electron chi connectivity index (χ3n) is 5.00. The van der Waals surface area contributed by atoms with Gasteiger partial charge in [-0.3, -0.25) is 9.98 Å². The highest BCUT2D eigenvalue weighted by molar-refractivity contribution is 5.93. The van der Waals surface area contributed by atoms with Gasteiger partial charge in [0.1, 0.15) is 37.9 Å². The monoisotopic (exact) mass is 432 g/mol. The Kier molecular flexibility index (Phi) is 5.25. The number of para-hydroxylation sites is 2. The van der Waals surface area contributed by atoms with Crippen LogP contribution in [-0.2, 0) is 0 Å². The fourth-order valence-corrected chi connectivity index (χ4v) is 3.45. The molecule has 0 aromatic heterocycles. The normalized spacial score (nSPS) is 14.8. The van der Waals surface area contributed by atoms with Crippen molar-refractivity contribution in [2.75, 3.05) is 26.4 Å². The van der Waals surface area contributed by atoms with Crippen LogP contribution in [0.15, 0.2) is 58.5 Å². The lowest BCUT2D eigenvalue weighted by Gasteiger charge is -2.20. The first kappa shape index (κ1) is 19.7. The van der Waals surface area contributed by atoms with Gasteiger partial charge in [-0.1, -0.05) is 12.1 Å². The Balaban J connectivity index is 1.48. The Morgan fingerprint density at radius 1 is 0.594 bits per heavy atom. The van der Waals surface area contributed by atoms with Crippen molar-refractivity contribution in [3.63, 3.8) is 0 Å². The molecule has 5 rings (SSSR count). The van der Waals surface area contributed by atoms with Crippen molar-refractivity contribution in [3.05, 3.63) is 59.7 Å². The van der Waals surface area contributed by atoms with Crippen molar-refractivity contribution < 1.29 is 29.2 Å². The molecule has 32 heavy (non-hydrogen) atoms. The Hall–Kier alpha value is -4.20. The van der Waals surface area contributed by atoms with Gasteiger partial charge in [-0.05, 0) is 36.4 Å². The van der Waals surface area contributed by atoms with Gasteiger partial charge in [0, 0.05) is 12.4 Å². The zero-order valence-corrected chi connectivity index (χ0v) is 17.0. The predicted octanol–water partition coefficient (Wildman–Crippen LogP) is 4.14. The molecule has 0 radical (unpaired) electrons. The van der Waals surface area contributed by atoms with Gasteiger partial charge in [-0.15, -0.1) is 0 Å². The van der Waals surface area contributed by atoms with E-state index in [4.69, 9.17) is 18.9 Å². The van der Waals surface area contributed by atoms with E-state index in [0.717, 1.165) is 0 Å². The number of hydrogen-bond acceptors (Lipinski definition) is 8. The number of phenolic OH excluding ortho intramolecular Hbond substituents is 2. The van der Waals surface area contributed by atoms with Crippen LogP contribution in [0, 0.1) is 0 Å². The van der Waals surface area contributed by atoms with Gasteiger partial charge < -0.3 is 29.2 Å². The minimum Gasteiger partial charge on any atom is -0.507 e. The van der Waals surface area contributed by atoms with Crippen molar-refractivity contribution in [1.29, 1.82) is 0 Å². The van der Waals surface area contributed by atoms with Crippen molar-refractivity contribution in [1.82, 2.24) is 0 Å². The number of benzene rings is 3. The van der Waals surface area contributed by atoms with E-state index in [1.807, 2.05) is 12.1 Å². The molecule has 0 spiro atoms. The second kappa shape index (κ2) is 8.50. The molecule has 0 aliphatic carbocycles. The Morgan fingerprint density at radius 3 is 1.50 bits per heavy atom. The van der Waals surface area contributed by atoms with Crippen molar-refractivity contribution in [2.45, 2.75) is 0 Å². The molecule has 3 aromatic carbocycles. The minimum atomic E-state index is 0.0389. The zero-order chi connectivity index (χ0) is 21.9. The van der Waals surface area contributed by atoms with Gasteiger partial charge in [-0.2, -0.15) is 0 Å². The number of phenols is 2. The molecule has 0 saturated carbocycles. The quantitative estimate of drug-likeness (QED) is 0.601. The highest BCUT2D eigenvalue weighted by Gasteiger charge is 2.19. The molecule has 0 amide bonds. The first-order chi connectivity index (χ1) is 15.7. The molecular formula is C24H20N2O6. The fraction of sp³-hybridized carbons (Fsp3) is 0.167. The summed E-state index contributed by atoms with van der Waals surface area (Å²) in [5.41, 5.74) is 2.00. The number of aliphatic imine (C=N–C) groups is 2. The summed E-state index contributed by atoms with van der Waals surface area (Å²) in [5.74, 6) is 2.12. The summed E-state index contributed by atoms with van der Waals surface area (Å²) >= 11 is 0. The third-order valence-corrected chi connectivity index (χ3v) is 5.00. The van der Waals surface area contributed by atoms with Crippen LogP contribution in [0.5, 0.6) is 34.5 Å². The fourth-order valence-electron chi connectivity index (χ4n) is 3.45. The van der Waals surface area contributed by atoms with Gasteiger partial charge in [0.25, 0.3) is 0 Å². The molecule has 0 fully saturated rings. The van der Waals surface area contributed by atoms with E-state index in [-0.39, 0.29) is 11.5 Å². The van der Waals surface area contributed by atoms with Crippen LogP contribution >= 0.6 is 0 Å². The maximum absolute atomic E-state index is 10.3. The SMILES string of the molecule is Oc1ccc2c(c1C=Nc1ccccc1N=Cc1c(O)ccc3c1OCCO3)OCCO2. The lowest BCUT2D eigenvalue weighted by Crippen LogP contribution is -2.16. The van der Waals surface area contributed by atoms with E-state index >= 15 is 0 Å². The lowest BCUT2D eigenvalue weighted by atomic mass is 10.1. The summed E-state index contributed by atoms with van der Waals surface area (Å²) < 4.78 is 22.5. The Morgan fingerprint density at radius 2 is 1.03 bits per heavy atom. The minimum absolute atomic E-state index is 0.0389. The molecular weight excluding hydrogens is 412 g/mol. The van der Waals surface area contributed by atoms with E-state index in [1.54, 1.807) is 36.4 Å². The molecule has 0 saturated heterocycles. The highest BCUT2D eigenvalue weighted by atomic mass is 16.6. The highest BCUT2D eigenvalue weighted by Crippen LogP contribution is 2.40. The van der Waals surface area contributed by atoms with Crippen LogP contribution in [0.3, 0.4) is 0 Å². The van der Waals surface area contributed by atoms with Crippen LogP contribution in [0.4, 0.5) is 11.4 Å². The van der Waals surface area contributed by atoms with Gasteiger partial charge in [0.2, 0.25) is 0 Å². The molecule has 0 bridgehead atoms. The maximum Gasteiger partial charge on any atom is 0.173 e. The number of rotatable bonds is 4. The molecule has 0 unspecified atom stereocenters. The molecule has 8 heteroatoms. The van der Waals surface area contributed by atoms with Crippen LogP contribution < -0.4 is 18.9 Å². The number of fused-ring (bicyclic) bond motifs is 2. The molecule has 162 valence electrons. The maximum atomic E-state index is 10.3. The topological polar surface area (TPSA) is 102 Å². The summed E-state index contributed by atoms with van der Waals surface area (Å²) in [6.45, 7) is 1.71. The first-order valence-electron chi connectivity index (χ1n) is 10.1. The van der Waals surface area contributed by atoms with Crippen LogP contribution in [-0.4, -0.2) is 49.1 Å². The van der Waals surface area contributed by atoms with E-state index in [1.165, 1.54) is 12.4 Å². The molecule has 8 nitrogen and oxygen atoms in total. The third kappa shape index (κ3) is 3.78. The molecule has 2 heterocycles. The number of aromatic hydroxyl groups is 2. The standard InChI is InChI=1S/C24H20N2O6/c27-19-5-7-21-23(31-11-9-29-21)15(19)13-25-17-3-1-2-4-18(17)26-14-16-20(28)6-8-22-24(16)32-12-10-30-22/h1-8,13-14,27-28H,9-12H2. The molecule has 0 atom stereocenters. The molecule has 2 aliphatic rings. The van der Waals surface area contributed by atoms with Crippen LogP contribution in [0.2, 0.25) is 0 Å². The average molecular weight is 432 g/mol. The second-order valence-electron chi connectivity index (χ2n) is 7.05. The van der Waals surface area contributed by atoms with Crippen LogP contribution in [0.1, 0.15) is 11.1 Å². The zero-order valence-electron chi connectivity index (χ0n) is 17.0. The van der Waals surface area contributed by atoms with E-state index in [0.29, 0.717) is 71.9 Å². The van der Waals surface area contributed by atoms with Crippen molar-refractivity contribution in [3.8, 4) is 34.5 Å². The summed E-state index contributed by atoms with van der Waals surface area (Å²) in [6, 6.07) is 13.7. The van der Waals surface area contributed by atoms with Gasteiger partial charge in [-0.25, -0.2) is 0 Å². The summed E-state index contributed by atoms with van der Waals surface area (Å²) in [6.07, 6.45) is 3.05. The average Bonchev–Trinajstić information content (AvgIpc) is 2.83.